The van der Waals surface area contributed by atoms with E-state index in [4.69, 9.17) is 16.0 Å². The minimum Gasteiger partial charge on any atom is -0.409 e. The van der Waals surface area contributed by atoms with Gasteiger partial charge in [-0.25, -0.2) is 4.98 Å². The Hall–Kier alpha value is -1.82. The van der Waals surface area contributed by atoms with Gasteiger partial charge in [-0.05, 0) is 51.2 Å². The fraction of sp³-hybridized carbons (Fsp3) is 0.600. The largest absolute Gasteiger partial charge is 0.409 e. The summed E-state index contributed by atoms with van der Waals surface area (Å²) in [5.41, 5.74) is 8.40. The van der Waals surface area contributed by atoms with Crippen molar-refractivity contribution >= 4 is 11.7 Å². The second-order valence-electron chi connectivity index (χ2n) is 5.62. The van der Waals surface area contributed by atoms with Gasteiger partial charge in [0, 0.05) is 24.9 Å². The topological polar surface area (TPSA) is 95.0 Å². The molecule has 6 heteroatoms. The normalized spacial score (nSPS) is 15.9. The molecule has 1 saturated carbocycles. The summed E-state index contributed by atoms with van der Waals surface area (Å²) in [6, 6.07) is 2.36. The van der Waals surface area contributed by atoms with Gasteiger partial charge in [0.05, 0.1) is 5.56 Å². The molecule has 1 aromatic rings. The third kappa shape index (κ3) is 3.26. The lowest BCUT2D eigenvalue weighted by atomic mass is 9.90. The average Bonchev–Trinajstić information content (AvgIpc) is 2.39. The first-order valence-corrected chi connectivity index (χ1v) is 7.42. The van der Waals surface area contributed by atoms with Crippen molar-refractivity contribution in [1.29, 1.82) is 0 Å². The zero-order valence-electron chi connectivity index (χ0n) is 12.7. The molecule has 1 aliphatic carbocycles. The van der Waals surface area contributed by atoms with Crippen molar-refractivity contribution in [1.82, 2.24) is 4.98 Å². The summed E-state index contributed by atoms with van der Waals surface area (Å²) in [4.78, 5) is 6.83. The quantitative estimate of drug-likeness (QED) is 0.320. The Kier molecular flexibility index (Phi) is 5.01. The molecule has 1 heterocycles. The van der Waals surface area contributed by atoms with E-state index in [-0.39, 0.29) is 12.4 Å². The van der Waals surface area contributed by atoms with Crippen molar-refractivity contribution in [2.45, 2.75) is 45.6 Å². The molecule has 1 fully saturated rings. The van der Waals surface area contributed by atoms with E-state index in [0.717, 1.165) is 36.5 Å². The number of aliphatic hydroxyl groups is 1. The van der Waals surface area contributed by atoms with Crippen LogP contribution in [0.4, 0.5) is 5.82 Å². The molecule has 4 N–H and O–H groups in total. The maximum Gasteiger partial charge on any atom is 0.174 e. The van der Waals surface area contributed by atoms with E-state index in [2.05, 4.69) is 15.0 Å². The standard InChI is InChI=1S/C15H24N4O2/c1-10-9-11(2)17-15(13(10)14(16)18-21)19(7-4-8-20)12-5-3-6-12/h9,12,20-21H,3-8H2,1-2H3,(H2,16,18). The first-order chi connectivity index (χ1) is 10.1. The Bertz CT molecular complexity index is 527. The second-order valence-corrected chi connectivity index (χ2v) is 5.62. The number of amidine groups is 1. The molecule has 0 radical (unpaired) electrons. The smallest absolute Gasteiger partial charge is 0.174 e. The zero-order chi connectivity index (χ0) is 15.4. The minimum absolute atomic E-state index is 0.0864. The van der Waals surface area contributed by atoms with Gasteiger partial charge >= 0.3 is 0 Å². The second kappa shape index (κ2) is 6.76. The monoisotopic (exact) mass is 292 g/mol. The maximum absolute atomic E-state index is 9.13. The molecule has 2 rings (SSSR count). The van der Waals surface area contributed by atoms with E-state index in [1.807, 2.05) is 19.9 Å². The number of anilines is 1. The SMILES string of the molecule is Cc1cc(C)c(/C(N)=N/O)c(N(CCCO)C2CCC2)n1. The van der Waals surface area contributed by atoms with E-state index in [9.17, 15) is 0 Å². The van der Waals surface area contributed by atoms with E-state index in [1.54, 1.807) is 0 Å². The molecule has 0 saturated heterocycles. The van der Waals surface area contributed by atoms with Gasteiger partial charge in [0.1, 0.15) is 5.82 Å². The van der Waals surface area contributed by atoms with Crippen LogP contribution in [-0.4, -0.2) is 40.3 Å². The lowest BCUT2D eigenvalue weighted by Crippen LogP contribution is -2.43. The molecular weight excluding hydrogens is 268 g/mol. The molecule has 1 aliphatic rings. The number of aryl methyl sites for hydroxylation is 2. The van der Waals surface area contributed by atoms with E-state index in [0.29, 0.717) is 18.0 Å². The molecule has 1 aromatic heterocycles. The van der Waals surface area contributed by atoms with Crippen molar-refractivity contribution in [3.05, 3.63) is 22.9 Å². The summed E-state index contributed by atoms with van der Waals surface area (Å²) >= 11 is 0. The summed E-state index contributed by atoms with van der Waals surface area (Å²) in [5.74, 6) is 0.851. The molecule has 6 nitrogen and oxygen atoms in total. The van der Waals surface area contributed by atoms with Crippen molar-refractivity contribution in [3.63, 3.8) is 0 Å². The van der Waals surface area contributed by atoms with Crippen LogP contribution in [0.25, 0.3) is 0 Å². The molecule has 116 valence electrons. The Balaban J connectivity index is 2.46. The van der Waals surface area contributed by atoms with Crippen molar-refractivity contribution < 1.29 is 10.3 Å². The molecule has 0 atom stereocenters. The van der Waals surface area contributed by atoms with E-state index >= 15 is 0 Å². The third-order valence-electron chi connectivity index (χ3n) is 4.03. The molecule has 0 unspecified atom stereocenters. The summed E-state index contributed by atoms with van der Waals surface area (Å²) in [6.07, 6.45) is 4.14. The lowest BCUT2D eigenvalue weighted by molar-refractivity contribution is 0.282. The molecular formula is C15H24N4O2. The van der Waals surface area contributed by atoms with Gasteiger partial charge in [0.15, 0.2) is 5.84 Å². The molecule has 0 aliphatic heterocycles. The summed E-state index contributed by atoms with van der Waals surface area (Å²) in [6.45, 7) is 4.75. The number of oxime groups is 1. The maximum atomic E-state index is 9.13. The predicted molar refractivity (Wildman–Crippen MR) is 82.9 cm³/mol. The van der Waals surface area contributed by atoms with Crippen LogP contribution in [0.5, 0.6) is 0 Å². The van der Waals surface area contributed by atoms with Gasteiger partial charge in [-0.2, -0.15) is 0 Å². The molecule has 0 bridgehead atoms. The molecule has 21 heavy (non-hydrogen) atoms. The van der Waals surface area contributed by atoms with Gasteiger partial charge < -0.3 is 20.9 Å². The van der Waals surface area contributed by atoms with E-state index in [1.165, 1.54) is 6.42 Å². The van der Waals surface area contributed by atoms with Crippen LogP contribution in [0.2, 0.25) is 0 Å². The number of nitrogens with two attached hydrogens (primary N) is 1. The van der Waals surface area contributed by atoms with Crippen LogP contribution >= 0.6 is 0 Å². The van der Waals surface area contributed by atoms with Crippen LogP contribution in [0.1, 0.15) is 42.5 Å². The fourth-order valence-electron chi connectivity index (χ4n) is 2.79. The molecule has 0 aromatic carbocycles. The van der Waals surface area contributed by atoms with Crippen molar-refractivity contribution in [3.8, 4) is 0 Å². The van der Waals surface area contributed by atoms with Gasteiger partial charge in [-0.3, -0.25) is 0 Å². The number of hydrogen-bond donors (Lipinski definition) is 3. The number of aliphatic hydroxyl groups excluding tert-OH is 1. The highest BCUT2D eigenvalue weighted by Crippen LogP contribution is 2.32. The Morgan fingerprint density at radius 2 is 2.19 bits per heavy atom. The summed E-state index contributed by atoms with van der Waals surface area (Å²) in [7, 11) is 0. The Labute approximate surface area is 125 Å². The number of nitrogens with zero attached hydrogens (tertiary/aromatic N) is 3. The molecule has 0 amide bonds. The van der Waals surface area contributed by atoms with Crippen LogP contribution < -0.4 is 10.6 Å². The van der Waals surface area contributed by atoms with Crippen LogP contribution in [-0.2, 0) is 0 Å². The van der Waals surface area contributed by atoms with Crippen molar-refractivity contribution in [2.24, 2.45) is 10.9 Å². The van der Waals surface area contributed by atoms with Gasteiger partial charge in [-0.1, -0.05) is 5.16 Å². The van der Waals surface area contributed by atoms with Crippen LogP contribution in [0.15, 0.2) is 11.2 Å². The highest BCUT2D eigenvalue weighted by Gasteiger charge is 2.29. The van der Waals surface area contributed by atoms with E-state index < -0.39 is 0 Å². The van der Waals surface area contributed by atoms with Gasteiger partial charge in [0.2, 0.25) is 0 Å². The Morgan fingerprint density at radius 3 is 2.71 bits per heavy atom. The van der Waals surface area contributed by atoms with Crippen molar-refractivity contribution in [2.75, 3.05) is 18.1 Å². The third-order valence-corrected chi connectivity index (χ3v) is 4.03. The summed E-state index contributed by atoms with van der Waals surface area (Å²) < 4.78 is 0. The van der Waals surface area contributed by atoms with Gasteiger partial charge in [0.25, 0.3) is 0 Å². The zero-order valence-corrected chi connectivity index (χ0v) is 12.7. The van der Waals surface area contributed by atoms with Crippen LogP contribution in [0.3, 0.4) is 0 Å². The first-order valence-electron chi connectivity index (χ1n) is 7.42. The number of rotatable bonds is 6. The first kappa shape index (κ1) is 15.6. The predicted octanol–water partition coefficient (Wildman–Crippen LogP) is 1.53. The summed E-state index contributed by atoms with van der Waals surface area (Å²) in [5, 5.41) is 21.3. The number of aromatic nitrogens is 1. The minimum atomic E-state index is 0.0864. The Morgan fingerprint density at radius 1 is 1.48 bits per heavy atom. The number of hydrogen-bond acceptors (Lipinski definition) is 5. The van der Waals surface area contributed by atoms with Crippen LogP contribution in [0, 0.1) is 13.8 Å². The fourth-order valence-corrected chi connectivity index (χ4v) is 2.79. The highest BCUT2D eigenvalue weighted by molar-refractivity contribution is 6.02. The number of pyridine rings is 1. The average molecular weight is 292 g/mol. The molecule has 0 spiro atoms. The lowest BCUT2D eigenvalue weighted by Gasteiger charge is -2.39. The van der Waals surface area contributed by atoms with Gasteiger partial charge in [-0.15, -0.1) is 0 Å². The highest BCUT2D eigenvalue weighted by atomic mass is 16.4.